The first-order valence-electron chi connectivity index (χ1n) is 7.43. The lowest BCUT2D eigenvalue weighted by Crippen LogP contribution is -2.50. The average Bonchev–Trinajstić information content (AvgIpc) is 2.48. The smallest absolute Gasteiger partial charge is 0.406 e. The van der Waals surface area contributed by atoms with Crippen molar-refractivity contribution in [2.45, 2.75) is 31.7 Å². The molecular formula is C15H18F3N3O3. The molecule has 132 valence electrons. The fraction of sp³-hybridized carbons (Fsp3) is 0.467. The molecule has 1 aromatic carbocycles. The van der Waals surface area contributed by atoms with E-state index in [0.717, 1.165) is 25.0 Å². The topological polar surface area (TPSA) is 84.7 Å². The van der Waals surface area contributed by atoms with Crippen LogP contribution in [0.2, 0.25) is 0 Å². The summed E-state index contributed by atoms with van der Waals surface area (Å²) in [6, 6.07) is 4.36. The minimum absolute atomic E-state index is 0.00555. The number of nitrogens with two attached hydrogens (primary N) is 1. The Balaban J connectivity index is 1.91. The van der Waals surface area contributed by atoms with Crippen LogP contribution in [0.3, 0.4) is 0 Å². The fourth-order valence-corrected chi connectivity index (χ4v) is 2.63. The Morgan fingerprint density at radius 1 is 1.25 bits per heavy atom. The average molecular weight is 345 g/mol. The highest BCUT2D eigenvalue weighted by Gasteiger charge is 2.31. The maximum absolute atomic E-state index is 12.1. The zero-order chi connectivity index (χ0) is 17.7. The van der Waals surface area contributed by atoms with Gasteiger partial charge >= 0.3 is 6.36 Å². The summed E-state index contributed by atoms with van der Waals surface area (Å²) in [6.07, 6.45) is -2.39. The second-order valence-electron chi connectivity index (χ2n) is 5.50. The summed E-state index contributed by atoms with van der Waals surface area (Å²) in [6.45, 7) is 0.591. The first kappa shape index (κ1) is 18.1. The van der Waals surface area contributed by atoms with Crippen LogP contribution in [0.4, 0.5) is 18.9 Å². The highest BCUT2D eigenvalue weighted by molar-refractivity contribution is 5.92. The molecule has 0 radical (unpaired) electrons. The number of hydrogen-bond acceptors (Lipinski definition) is 4. The number of halogens is 3. The van der Waals surface area contributed by atoms with Crippen molar-refractivity contribution in [3.63, 3.8) is 0 Å². The Kier molecular flexibility index (Phi) is 5.66. The van der Waals surface area contributed by atoms with Crippen LogP contribution in [0.25, 0.3) is 0 Å². The molecule has 1 aromatic rings. The summed E-state index contributed by atoms with van der Waals surface area (Å²) in [5.74, 6) is -1.20. The van der Waals surface area contributed by atoms with Crippen LogP contribution in [-0.4, -0.2) is 42.2 Å². The Labute approximate surface area is 136 Å². The van der Waals surface area contributed by atoms with E-state index >= 15 is 0 Å². The second kappa shape index (κ2) is 7.52. The molecule has 2 rings (SSSR count). The minimum Gasteiger partial charge on any atom is -0.406 e. The molecule has 0 bridgehead atoms. The van der Waals surface area contributed by atoms with Gasteiger partial charge in [0, 0.05) is 5.69 Å². The van der Waals surface area contributed by atoms with Gasteiger partial charge in [-0.25, -0.2) is 0 Å². The number of piperidine rings is 1. The lowest BCUT2D eigenvalue weighted by molar-refractivity contribution is -0.274. The largest absolute Gasteiger partial charge is 0.573 e. The SMILES string of the molecule is NC(=O)[C@@H]1CCCCN1CC(=O)Nc1ccc(OC(F)(F)F)cc1. The van der Waals surface area contributed by atoms with Crippen LogP contribution in [0.1, 0.15) is 19.3 Å². The maximum Gasteiger partial charge on any atom is 0.573 e. The van der Waals surface area contributed by atoms with Gasteiger partial charge in [-0.05, 0) is 43.7 Å². The standard InChI is InChI=1S/C15H18F3N3O3/c16-15(17,18)24-11-6-4-10(5-7-11)20-13(22)9-21-8-2-1-3-12(21)14(19)23/h4-7,12H,1-3,8-9H2,(H2,19,23)(H,20,22)/t12-/m0/s1. The number of benzene rings is 1. The van der Waals surface area contributed by atoms with E-state index < -0.39 is 18.3 Å². The van der Waals surface area contributed by atoms with Crippen LogP contribution in [0, 0.1) is 0 Å². The highest BCUT2D eigenvalue weighted by Crippen LogP contribution is 2.24. The molecule has 1 aliphatic heterocycles. The van der Waals surface area contributed by atoms with Gasteiger partial charge in [0.1, 0.15) is 5.75 Å². The lowest BCUT2D eigenvalue weighted by Gasteiger charge is -2.32. The van der Waals surface area contributed by atoms with Crippen LogP contribution in [0.5, 0.6) is 5.75 Å². The number of amides is 2. The van der Waals surface area contributed by atoms with Gasteiger partial charge < -0.3 is 15.8 Å². The maximum atomic E-state index is 12.1. The molecule has 1 heterocycles. The summed E-state index contributed by atoms with van der Waals surface area (Å²) in [7, 11) is 0. The van der Waals surface area contributed by atoms with Gasteiger partial charge in [-0.3, -0.25) is 14.5 Å². The van der Waals surface area contributed by atoms with E-state index in [2.05, 4.69) is 10.1 Å². The highest BCUT2D eigenvalue weighted by atomic mass is 19.4. The monoisotopic (exact) mass is 345 g/mol. The van der Waals surface area contributed by atoms with Crippen LogP contribution in [0.15, 0.2) is 24.3 Å². The number of primary amides is 1. The van der Waals surface area contributed by atoms with E-state index in [4.69, 9.17) is 5.73 Å². The number of hydrogen-bond donors (Lipinski definition) is 2. The van der Waals surface area contributed by atoms with Crippen molar-refractivity contribution in [2.24, 2.45) is 5.73 Å². The van der Waals surface area contributed by atoms with Crippen LogP contribution < -0.4 is 15.8 Å². The normalized spacial score (nSPS) is 18.9. The third-order valence-corrected chi connectivity index (χ3v) is 3.66. The van der Waals surface area contributed by atoms with Crippen LogP contribution >= 0.6 is 0 Å². The third kappa shape index (κ3) is 5.41. The van der Waals surface area contributed by atoms with Gasteiger partial charge in [0.15, 0.2) is 0 Å². The van der Waals surface area contributed by atoms with E-state index in [9.17, 15) is 22.8 Å². The molecule has 3 N–H and O–H groups in total. The van der Waals surface area contributed by atoms with Gasteiger partial charge in [0.05, 0.1) is 12.6 Å². The van der Waals surface area contributed by atoms with Gasteiger partial charge in [0.2, 0.25) is 11.8 Å². The molecule has 1 atom stereocenters. The zero-order valence-electron chi connectivity index (χ0n) is 12.8. The number of likely N-dealkylation sites (tertiary alicyclic amines) is 1. The van der Waals surface area contributed by atoms with Crippen molar-refractivity contribution in [3.05, 3.63) is 24.3 Å². The quantitative estimate of drug-likeness (QED) is 0.853. The third-order valence-electron chi connectivity index (χ3n) is 3.66. The van der Waals surface area contributed by atoms with E-state index in [-0.39, 0.29) is 18.2 Å². The fourth-order valence-electron chi connectivity index (χ4n) is 2.63. The molecule has 1 aliphatic rings. The molecule has 1 saturated heterocycles. The van der Waals surface area contributed by atoms with Crippen molar-refractivity contribution in [2.75, 3.05) is 18.4 Å². The number of nitrogens with zero attached hydrogens (tertiary/aromatic N) is 1. The number of nitrogens with one attached hydrogen (secondary N) is 1. The number of carbonyl (C=O) groups is 2. The minimum atomic E-state index is -4.76. The molecule has 0 aliphatic carbocycles. The number of carbonyl (C=O) groups excluding carboxylic acids is 2. The van der Waals surface area contributed by atoms with Crippen molar-refractivity contribution in [1.29, 1.82) is 0 Å². The summed E-state index contributed by atoms with van der Waals surface area (Å²) in [5.41, 5.74) is 5.67. The van der Waals surface area contributed by atoms with Gasteiger partial charge in [-0.1, -0.05) is 6.42 Å². The lowest BCUT2D eigenvalue weighted by atomic mass is 10.0. The Morgan fingerprint density at radius 2 is 1.92 bits per heavy atom. The Bertz CT molecular complexity index is 590. The number of alkyl halides is 3. The molecule has 0 spiro atoms. The van der Waals surface area contributed by atoms with E-state index in [0.29, 0.717) is 18.7 Å². The zero-order valence-corrected chi connectivity index (χ0v) is 12.8. The summed E-state index contributed by atoms with van der Waals surface area (Å²) in [5, 5.41) is 2.57. The molecule has 1 fully saturated rings. The molecule has 6 nitrogen and oxygen atoms in total. The Morgan fingerprint density at radius 3 is 2.50 bits per heavy atom. The first-order chi connectivity index (χ1) is 11.2. The molecule has 0 aromatic heterocycles. The van der Waals surface area contributed by atoms with E-state index in [1.54, 1.807) is 4.90 Å². The van der Waals surface area contributed by atoms with Gasteiger partial charge in [0.25, 0.3) is 0 Å². The van der Waals surface area contributed by atoms with Crippen molar-refractivity contribution in [3.8, 4) is 5.75 Å². The molecule has 9 heteroatoms. The van der Waals surface area contributed by atoms with Crippen molar-refractivity contribution >= 4 is 17.5 Å². The predicted octanol–water partition coefficient (Wildman–Crippen LogP) is 1.86. The van der Waals surface area contributed by atoms with Gasteiger partial charge in [-0.2, -0.15) is 0 Å². The molecular weight excluding hydrogens is 327 g/mol. The van der Waals surface area contributed by atoms with E-state index in [1.165, 1.54) is 12.1 Å². The van der Waals surface area contributed by atoms with Crippen molar-refractivity contribution < 1.29 is 27.5 Å². The number of rotatable bonds is 5. The molecule has 24 heavy (non-hydrogen) atoms. The second-order valence-corrected chi connectivity index (χ2v) is 5.50. The molecule has 0 unspecified atom stereocenters. The Hall–Kier alpha value is -2.29. The predicted molar refractivity (Wildman–Crippen MR) is 80.2 cm³/mol. The number of anilines is 1. The van der Waals surface area contributed by atoms with Crippen LogP contribution in [-0.2, 0) is 9.59 Å². The summed E-state index contributed by atoms with van der Waals surface area (Å²) in [4.78, 5) is 25.2. The number of ether oxygens (including phenoxy) is 1. The summed E-state index contributed by atoms with van der Waals surface area (Å²) >= 11 is 0. The molecule has 0 saturated carbocycles. The van der Waals surface area contributed by atoms with Crippen molar-refractivity contribution in [1.82, 2.24) is 4.90 Å². The summed E-state index contributed by atoms with van der Waals surface area (Å²) < 4.78 is 40.0. The van der Waals surface area contributed by atoms with Gasteiger partial charge in [-0.15, -0.1) is 13.2 Å². The van der Waals surface area contributed by atoms with E-state index in [1.807, 2.05) is 0 Å². The first-order valence-corrected chi connectivity index (χ1v) is 7.43. The molecule has 2 amide bonds.